The Labute approximate surface area is 248 Å². The molecule has 222 valence electrons. The van der Waals surface area contributed by atoms with Crippen LogP contribution >= 0.6 is 11.6 Å². The molecule has 0 fully saturated rings. The molecule has 41 heavy (non-hydrogen) atoms. The SMILES string of the molecule is C=CC(=O)Nc1cc(NC2C=C(Nc3ccc(OCCC(C)C)c(Cl)c3)NC=N2)c(OC)cc1N(C)CCN(C)C. The molecular formula is C30H42ClN7O3. The summed E-state index contributed by atoms with van der Waals surface area (Å²) in [6.07, 6.45) is 5.31. The van der Waals surface area contributed by atoms with E-state index in [2.05, 4.69) is 56.5 Å². The Morgan fingerprint density at radius 3 is 2.61 bits per heavy atom. The van der Waals surface area contributed by atoms with Crippen molar-refractivity contribution in [3.8, 4) is 11.5 Å². The van der Waals surface area contributed by atoms with Crippen LogP contribution in [0.3, 0.4) is 0 Å². The zero-order valence-corrected chi connectivity index (χ0v) is 25.5. The summed E-state index contributed by atoms with van der Waals surface area (Å²) in [5, 5.41) is 13.3. The van der Waals surface area contributed by atoms with Gasteiger partial charge in [0.25, 0.3) is 0 Å². The highest BCUT2D eigenvalue weighted by Crippen LogP contribution is 2.37. The summed E-state index contributed by atoms with van der Waals surface area (Å²) < 4.78 is 11.5. The van der Waals surface area contributed by atoms with Gasteiger partial charge in [-0.05, 0) is 56.8 Å². The van der Waals surface area contributed by atoms with Gasteiger partial charge < -0.3 is 40.5 Å². The van der Waals surface area contributed by atoms with Crippen LogP contribution in [0.15, 0.2) is 59.9 Å². The zero-order valence-electron chi connectivity index (χ0n) is 24.8. The van der Waals surface area contributed by atoms with Gasteiger partial charge in [0, 0.05) is 38.0 Å². The van der Waals surface area contributed by atoms with Crippen molar-refractivity contribution in [2.24, 2.45) is 10.9 Å². The average Bonchev–Trinajstić information content (AvgIpc) is 2.93. The number of amides is 1. The quantitative estimate of drug-likeness (QED) is 0.212. The van der Waals surface area contributed by atoms with Gasteiger partial charge in [0.15, 0.2) is 0 Å². The Morgan fingerprint density at radius 2 is 1.95 bits per heavy atom. The summed E-state index contributed by atoms with van der Waals surface area (Å²) in [5.74, 6) is 2.26. The van der Waals surface area contributed by atoms with Crippen LogP contribution < -0.4 is 35.6 Å². The van der Waals surface area contributed by atoms with Gasteiger partial charge in [-0.15, -0.1) is 0 Å². The van der Waals surface area contributed by atoms with E-state index in [0.717, 1.165) is 36.7 Å². The second-order valence-corrected chi connectivity index (χ2v) is 10.8. The fraction of sp³-hybridized carbons (Fsp3) is 0.400. The zero-order chi connectivity index (χ0) is 29.9. The van der Waals surface area contributed by atoms with E-state index in [1.807, 2.05) is 57.6 Å². The third-order valence-electron chi connectivity index (χ3n) is 6.30. The van der Waals surface area contributed by atoms with Crippen molar-refractivity contribution in [2.45, 2.75) is 26.4 Å². The summed E-state index contributed by atoms with van der Waals surface area (Å²) in [7, 11) is 7.62. The second-order valence-electron chi connectivity index (χ2n) is 10.4. The minimum atomic E-state index is -0.415. The smallest absolute Gasteiger partial charge is 0.247 e. The number of carbonyl (C=O) groups is 1. The lowest BCUT2D eigenvalue weighted by Gasteiger charge is -2.27. The number of halogens is 1. The lowest BCUT2D eigenvalue weighted by Crippen LogP contribution is -2.30. The van der Waals surface area contributed by atoms with E-state index < -0.39 is 6.17 Å². The van der Waals surface area contributed by atoms with Crippen LogP contribution in [0.5, 0.6) is 11.5 Å². The Kier molecular flexibility index (Phi) is 11.7. The highest BCUT2D eigenvalue weighted by Gasteiger charge is 2.18. The summed E-state index contributed by atoms with van der Waals surface area (Å²) in [6.45, 7) is 10.1. The molecule has 1 aliphatic heterocycles. The first-order chi connectivity index (χ1) is 19.6. The minimum absolute atomic E-state index is 0.301. The first-order valence-electron chi connectivity index (χ1n) is 13.6. The lowest BCUT2D eigenvalue weighted by atomic mass is 10.1. The molecule has 1 aliphatic rings. The van der Waals surface area contributed by atoms with Crippen molar-refractivity contribution < 1.29 is 14.3 Å². The van der Waals surface area contributed by atoms with E-state index in [1.54, 1.807) is 13.4 Å². The number of methoxy groups -OCH3 is 1. The molecule has 0 aliphatic carbocycles. The molecule has 4 N–H and O–H groups in total. The summed E-state index contributed by atoms with van der Waals surface area (Å²) in [4.78, 5) is 20.9. The molecule has 2 aromatic carbocycles. The fourth-order valence-corrected chi connectivity index (χ4v) is 4.16. The number of anilines is 4. The van der Waals surface area contributed by atoms with Crippen LogP contribution in [-0.2, 0) is 4.79 Å². The van der Waals surface area contributed by atoms with E-state index in [4.69, 9.17) is 21.1 Å². The molecule has 10 nitrogen and oxygen atoms in total. The first-order valence-corrected chi connectivity index (χ1v) is 13.9. The number of rotatable bonds is 15. The van der Waals surface area contributed by atoms with Crippen molar-refractivity contribution in [3.05, 3.63) is 59.9 Å². The van der Waals surface area contributed by atoms with Gasteiger partial charge in [-0.25, -0.2) is 4.99 Å². The molecule has 11 heteroatoms. The van der Waals surface area contributed by atoms with Crippen molar-refractivity contribution in [3.63, 3.8) is 0 Å². The predicted octanol–water partition coefficient (Wildman–Crippen LogP) is 5.22. The number of nitrogens with zero attached hydrogens (tertiary/aromatic N) is 3. The number of carbonyl (C=O) groups excluding carboxylic acids is 1. The molecule has 0 aromatic heterocycles. The van der Waals surface area contributed by atoms with Crippen LogP contribution in [-0.4, -0.2) is 71.3 Å². The second kappa shape index (κ2) is 15.2. The fourth-order valence-electron chi connectivity index (χ4n) is 3.93. The normalized spacial score (nSPS) is 14.3. The molecule has 0 spiro atoms. The monoisotopic (exact) mass is 583 g/mol. The maximum absolute atomic E-state index is 12.2. The average molecular weight is 584 g/mol. The van der Waals surface area contributed by atoms with Gasteiger partial charge >= 0.3 is 0 Å². The molecule has 0 saturated carbocycles. The number of aliphatic imine (C=N–C) groups is 1. The van der Waals surface area contributed by atoms with E-state index in [1.165, 1.54) is 6.08 Å². The van der Waals surface area contributed by atoms with Crippen molar-refractivity contribution in [2.75, 3.05) is 68.8 Å². The third kappa shape index (κ3) is 9.61. The van der Waals surface area contributed by atoms with E-state index in [-0.39, 0.29) is 5.91 Å². The molecular weight excluding hydrogens is 542 g/mol. The van der Waals surface area contributed by atoms with Crippen LogP contribution in [0.1, 0.15) is 20.3 Å². The Morgan fingerprint density at radius 1 is 1.17 bits per heavy atom. The molecule has 1 unspecified atom stereocenters. The number of hydrogen-bond donors (Lipinski definition) is 4. The molecule has 1 heterocycles. The first kappa shape index (κ1) is 31.6. The number of benzene rings is 2. The highest BCUT2D eigenvalue weighted by atomic mass is 35.5. The maximum atomic E-state index is 12.2. The Bertz CT molecular complexity index is 1260. The minimum Gasteiger partial charge on any atom is -0.495 e. The van der Waals surface area contributed by atoms with Crippen molar-refractivity contribution >= 4 is 46.6 Å². The van der Waals surface area contributed by atoms with E-state index in [9.17, 15) is 4.79 Å². The van der Waals surface area contributed by atoms with Crippen LogP contribution in [0, 0.1) is 5.92 Å². The lowest BCUT2D eigenvalue weighted by molar-refractivity contribution is -0.111. The number of likely N-dealkylation sites (N-methyl/N-ethyl adjacent to an activating group) is 2. The van der Waals surface area contributed by atoms with Gasteiger partial charge in [0.05, 0.1) is 42.1 Å². The van der Waals surface area contributed by atoms with Gasteiger partial charge in [-0.1, -0.05) is 32.0 Å². The topological polar surface area (TPSA) is 102 Å². The highest BCUT2D eigenvalue weighted by molar-refractivity contribution is 6.32. The molecule has 1 amide bonds. The van der Waals surface area contributed by atoms with Gasteiger partial charge in [-0.3, -0.25) is 4.79 Å². The largest absolute Gasteiger partial charge is 0.495 e. The molecule has 0 saturated heterocycles. The third-order valence-corrected chi connectivity index (χ3v) is 6.60. The summed E-state index contributed by atoms with van der Waals surface area (Å²) in [6, 6.07) is 9.34. The van der Waals surface area contributed by atoms with Gasteiger partial charge in [0.1, 0.15) is 23.5 Å². The Balaban J connectivity index is 1.78. The molecule has 2 aromatic rings. The van der Waals surface area contributed by atoms with Gasteiger partial charge in [0.2, 0.25) is 5.91 Å². The molecule has 3 rings (SSSR count). The van der Waals surface area contributed by atoms with E-state index >= 15 is 0 Å². The number of ether oxygens (including phenoxy) is 2. The van der Waals surface area contributed by atoms with E-state index in [0.29, 0.717) is 40.4 Å². The van der Waals surface area contributed by atoms with Crippen LogP contribution in [0.2, 0.25) is 5.02 Å². The number of hydrogen-bond acceptors (Lipinski definition) is 9. The summed E-state index contributed by atoms with van der Waals surface area (Å²) in [5.41, 5.74) is 2.92. The standard InChI is InChI=1S/C30H42ClN7O3/c1-8-30(39)36-23-16-24(27(40-7)17-25(23)38(6)13-12-37(4)5)35-29-18-28(32-19-33-29)34-21-9-10-26(22(31)15-21)41-14-11-20(2)3/h8-10,15-20,29,34-35H,1,11-14H2,2-7H3,(H,32,33)(H,36,39). The van der Waals surface area contributed by atoms with Crippen molar-refractivity contribution in [1.29, 1.82) is 0 Å². The summed E-state index contributed by atoms with van der Waals surface area (Å²) >= 11 is 6.46. The number of nitrogens with one attached hydrogen (secondary N) is 4. The van der Waals surface area contributed by atoms with Crippen LogP contribution in [0.25, 0.3) is 0 Å². The molecule has 0 bridgehead atoms. The van der Waals surface area contributed by atoms with Crippen LogP contribution in [0.4, 0.5) is 22.7 Å². The molecule has 1 atom stereocenters. The maximum Gasteiger partial charge on any atom is 0.247 e. The van der Waals surface area contributed by atoms with Gasteiger partial charge in [-0.2, -0.15) is 0 Å². The molecule has 0 radical (unpaired) electrons. The Hall–Kier alpha value is -3.89. The van der Waals surface area contributed by atoms with Crippen molar-refractivity contribution in [1.82, 2.24) is 10.2 Å². The predicted molar refractivity (Wildman–Crippen MR) is 171 cm³/mol.